The first kappa shape index (κ1) is 13.1. The molecule has 6 heteroatoms. The summed E-state index contributed by atoms with van der Waals surface area (Å²) in [5.74, 6) is 0.787. The van der Waals surface area contributed by atoms with Gasteiger partial charge in [-0.3, -0.25) is 0 Å². The zero-order chi connectivity index (χ0) is 14.0. The molecule has 2 fully saturated rings. The second kappa shape index (κ2) is 5.25. The number of piperidine rings is 1. The monoisotopic (exact) mass is 272 g/mol. The van der Waals surface area contributed by atoms with Crippen LogP contribution < -0.4 is 11.1 Å². The van der Waals surface area contributed by atoms with E-state index < -0.39 is 0 Å². The quantitative estimate of drug-likeness (QED) is 0.860. The van der Waals surface area contributed by atoms with Gasteiger partial charge in [-0.1, -0.05) is 6.42 Å². The lowest BCUT2D eigenvalue weighted by Crippen LogP contribution is -2.41. The highest BCUT2D eigenvalue weighted by Crippen LogP contribution is 2.39. The van der Waals surface area contributed by atoms with Crippen LogP contribution in [0.4, 0.5) is 11.8 Å². The fraction of sp³-hybridized carbons (Fsp3) is 0.643. The Balaban J connectivity index is 1.64. The number of hydrogen-bond acceptors (Lipinski definition) is 6. The number of nitrogens with zero attached hydrogens (tertiary/aromatic N) is 4. The van der Waals surface area contributed by atoms with Crippen LogP contribution in [0.15, 0.2) is 6.20 Å². The Kier molecular flexibility index (Phi) is 3.45. The van der Waals surface area contributed by atoms with E-state index in [0.717, 1.165) is 19.4 Å². The second-order valence-electron chi connectivity index (χ2n) is 5.85. The Morgan fingerprint density at radius 2 is 2.10 bits per heavy atom. The van der Waals surface area contributed by atoms with Crippen molar-refractivity contribution in [3.05, 3.63) is 11.8 Å². The lowest BCUT2D eigenvalue weighted by atomic mass is 10.1. The minimum atomic E-state index is 0.109. The average Bonchev–Trinajstić information content (AvgIpc) is 3.19. The van der Waals surface area contributed by atoms with Gasteiger partial charge in [0.2, 0.25) is 5.95 Å². The largest absolute Gasteiger partial charge is 0.382 e. The first-order valence-electron chi connectivity index (χ1n) is 7.24. The van der Waals surface area contributed by atoms with E-state index in [4.69, 9.17) is 11.0 Å². The third-order valence-electron chi connectivity index (χ3n) is 4.14. The lowest BCUT2D eigenvalue weighted by Gasteiger charge is -2.31. The average molecular weight is 272 g/mol. The zero-order valence-electron chi connectivity index (χ0n) is 11.6. The molecule has 1 aliphatic heterocycles. The summed E-state index contributed by atoms with van der Waals surface area (Å²) in [6, 6.07) is 1.98. The van der Waals surface area contributed by atoms with Crippen molar-refractivity contribution in [2.24, 2.45) is 0 Å². The fourth-order valence-corrected chi connectivity index (χ4v) is 2.80. The van der Waals surface area contributed by atoms with Crippen LogP contribution in [0.5, 0.6) is 0 Å². The second-order valence-corrected chi connectivity index (χ2v) is 5.85. The molecule has 1 saturated heterocycles. The molecule has 3 N–H and O–H groups in total. The molecule has 2 heterocycles. The first-order valence-corrected chi connectivity index (χ1v) is 7.24. The molecular weight excluding hydrogens is 252 g/mol. The van der Waals surface area contributed by atoms with Crippen LogP contribution in [0.2, 0.25) is 0 Å². The van der Waals surface area contributed by atoms with Crippen LogP contribution in [0, 0.1) is 11.3 Å². The lowest BCUT2D eigenvalue weighted by molar-refractivity contribution is 0.215. The van der Waals surface area contributed by atoms with Crippen molar-refractivity contribution in [3.8, 4) is 6.07 Å². The molecular formula is C14H20N6. The maximum atomic E-state index is 8.83. The third-order valence-corrected chi connectivity index (χ3v) is 4.14. The van der Waals surface area contributed by atoms with Crippen molar-refractivity contribution < 1.29 is 0 Å². The summed E-state index contributed by atoms with van der Waals surface area (Å²) in [6.07, 6.45) is 7.74. The molecule has 0 aromatic carbocycles. The van der Waals surface area contributed by atoms with Crippen molar-refractivity contribution in [3.63, 3.8) is 0 Å². The number of hydrogen-bond donors (Lipinski definition) is 2. The van der Waals surface area contributed by atoms with Crippen LogP contribution in [-0.4, -0.2) is 40.0 Å². The predicted octanol–water partition coefficient (Wildman–Crippen LogP) is 1.36. The van der Waals surface area contributed by atoms with E-state index in [-0.39, 0.29) is 11.4 Å². The summed E-state index contributed by atoms with van der Waals surface area (Å²) in [6.45, 7) is 3.44. The van der Waals surface area contributed by atoms with Crippen molar-refractivity contribution in [1.82, 2.24) is 14.9 Å². The van der Waals surface area contributed by atoms with Gasteiger partial charge in [0.15, 0.2) is 0 Å². The number of rotatable bonds is 4. The Labute approximate surface area is 119 Å². The summed E-state index contributed by atoms with van der Waals surface area (Å²) in [4.78, 5) is 10.9. The molecule has 1 saturated carbocycles. The highest BCUT2D eigenvalue weighted by molar-refractivity contribution is 5.50. The third kappa shape index (κ3) is 2.83. The molecule has 0 unspecified atom stereocenters. The van der Waals surface area contributed by atoms with Gasteiger partial charge >= 0.3 is 0 Å². The van der Waals surface area contributed by atoms with Crippen LogP contribution in [0.1, 0.15) is 37.7 Å². The Morgan fingerprint density at radius 1 is 1.35 bits per heavy atom. The Morgan fingerprint density at radius 3 is 2.70 bits per heavy atom. The molecule has 20 heavy (non-hydrogen) atoms. The Bertz CT molecular complexity index is 525. The number of nitrogens with two attached hydrogens (primary N) is 1. The molecule has 1 aromatic rings. The molecule has 2 aliphatic rings. The molecule has 1 aromatic heterocycles. The van der Waals surface area contributed by atoms with Crippen molar-refractivity contribution in [2.75, 3.05) is 30.7 Å². The van der Waals surface area contributed by atoms with Gasteiger partial charge in [0, 0.05) is 6.54 Å². The number of nitriles is 1. The van der Waals surface area contributed by atoms with Gasteiger partial charge in [-0.15, -0.1) is 0 Å². The van der Waals surface area contributed by atoms with Gasteiger partial charge < -0.3 is 16.0 Å². The summed E-state index contributed by atoms with van der Waals surface area (Å²) in [5.41, 5.74) is 6.17. The number of anilines is 2. The van der Waals surface area contributed by atoms with Crippen LogP contribution in [-0.2, 0) is 0 Å². The maximum Gasteiger partial charge on any atom is 0.225 e. The first-order chi connectivity index (χ1) is 9.71. The summed E-state index contributed by atoms with van der Waals surface area (Å²) in [7, 11) is 0. The standard InChI is InChI=1S/C14H20N6/c15-8-11-9-17-13(18-12(11)16)19-14(4-5-14)10-20-6-2-1-3-7-20/h9H,1-7,10H2,(H3,16,17,18,19). The molecule has 1 aliphatic carbocycles. The van der Waals surface area contributed by atoms with Crippen LogP contribution in [0.3, 0.4) is 0 Å². The van der Waals surface area contributed by atoms with E-state index in [0.29, 0.717) is 11.5 Å². The van der Waals surface area contributed by atoms with Gasteiger partial charge in [-0.25, -0.2) is 4.98 Å². The number of nitrogen functional groups attached to an aromatic ring is 1. The van der Waals surface area contributed by atoms with Gasteiger partial charge in [-0.2, -0.15) is 10.2 Å². The minimum Gasteiger partial charge on any atom is -0.382 e. The highest BCUT2D eigenvalue weighted by Gasteiger charge is 2.44. The molecule has 6 nitrogen and oxygen atoms in total. The molecule has 0 spiro atoms. The molecule has 3 rings (SSSR count). The summed E-state index contributed by atoms with van der Waals surface area (Å²) < 4.78 is 0. The molecule has 106 valence electrons. The van der Waals surface area contributed by atoms with E-state index in [1.165, 1.54) is 38.5 Å². The molecule has 0 radical (unpaired) electrons. The van der Waals surface area contributed by atoms with Gasteiger partial charge in [0.1, 0.15) is 17.5 Å². The van der Waals surface area contributed by atoms with Crippen molar-refractivity contribution in [1.29, 1.82) is 5.26 Å². The number of nitrogens with one attached hydrogen (secondary N) is 1. The van der Waals surface area contributed by atoms with Gasteiger partial charge in [0.05, 0.1) is 11.7 Å². The van der Waals surface area contributed by atoms with Crippen LogP contribution >= 0.6 is 0 Å². The van der Waals surface area contributed by atoms with E-state index in [1.54, 1.807) is 0 Å². The summed E-state index contributed by atoms with van der Waals surface area (Å²) >= 11 is 0. The zero-order valence-corrected chi connectivity index (χ0v) is 11.6. The van der Waals surface area contributed by atoms with E-state index >= 15 is 0 Å². The van der Waals surface area contributed by atoms with E-state index in [2.05, 4.69) is 20.2 Å². The predicted molar refractivity (Wildman–Crippen MR) is 77.0 cm³/mol. The fourth-order valence-electron chi connectivity index (χ4n) is 2.80. The summed E-state index contributed by atoms with van der Waals surface area (Å²) in [5, 5.41) is 12.2. The van der Waals surface area contributed by atoms with Gasteiger partial charge in [-0.05, 0) is 38.8 Å². The minimum absolute atomic E-state index is 0.109. The van der Waals surface area contributed by atoms with Crippen molar-refractivity contribution in [2.45, 2.75) is 37.6 Å². The normalized spacial score (nSPS) is 21.1. The molecule has 0 bridgehead atoms. The number of aromatic nitrogens is 2. The van der Waals surface area contributed by atoms with E-state index in [9.17, 15) is 0 Å². The molecule has 0 amide bonds. The van der Waals surface area contributed by atoms with Gasteiger partial charge in [0.25, 0.3) is 0 Å². The van der Waals surface area contributed by atoms with Crippen LogP contribution in [0.25, 0.3) is 0 Å². The SMILES string of the molecule is N#Cc1cnc(NC2(CN3CCCCC3)CC2)nc1N. The van der Waals surface area contributed by atoms with Crippen molar-refractivity contribution >= 4 is 11.8 Å². The topological polar surface area (TPSA) is 90.9 Å². The number of likely N-dealkylation sites (tertiary alicyclic amines) is 1. The Hall–Kier alpha value is -1.87. The van der Waals surface area contributed by atoms with E-state index in [1.807, 2.05) is 6.07 Å². The highest BCUT2D eigenvalue weighted by atomic mass is 15.2. The smallest absolute Gasteiger partial charge is 0.225 e. The maximum absolute atomic E-state index is 8.83. The molecule has 0 atom stereocenters.